The van der Waals surface area contributed by atoms with Gasteiger partial charge in [0.2, 0.25) is 0 Å². The normalized spacial score (nSPS) is 51.0. The third-order valence-corrected chi connectivity index (χ3v) is 2.61. The minimum absolute atomic E-state index is 0.232. The molecule has 0 radical (unpaired) electrons. The second-order valence-corrected chi connectivity index (χ2v) is 3.41. The van der Waals surface area contributed by atoms with E-state index in [2.05, 4.69) is 13.8 Å². The van der Waals surface area contributed by atoms with E-state index in [0.29, 0.717) is 12.2 Å². The summed E-state index contributed by atoms with van der Waals surface area (Å²) in [5.74, 6) is 0. The van der Waals surface area contributed by atoms with Crippen molar-refractivity contribution in [2.45, 2.75) is 44.5 Å². The first kappa shape index (κ1) is 6.62. The summed E-state index contributed by atoms with van der Waals surface area (Å²) >= 11 is 0. The van der Waals surface area contributed by atoms with Crippen molar-refractivity contribution in [3.63, 3.8) is 0 Å². The summed E-state index contributed by atoms with van der Waals surface area (Å²) in [4.78, 5) is 0. The molecule has 2 aliphatic rings. The van der Waals surface area contributed by atoms with Gasteiger partial charge in [-0.3, -0.25) is 0 Å². The van der Waals surface area contributed by atoms with Crippen LogP contribution in [0.1, 0.15) is 26.7 Å². The van der Waals surface area contributed by atoms with Crippen molar-refractivity contribution in [2.75, 3.05) is 6.61 Å². The van der Waals surface area contributed by atoms with Crippen LogP contribution in [0.15, 0.2) is 0 Å². The predicted octanol–water partition coefficient (Wildman–Crippen LogP) is 1.34. The summed E-state index contributed by atoms with van der Waals surface area (Å²) in [7, 11) is 0. The van der Waals surface area contributed by atoms with E-state index in [1.165, 1.54) is 0 Å². The van der Waals surface area contributed by atoms with Gasteiger partial charge < -0.3 is 9.47 Å². The molecule has 0 spiro atoms. The summed E-state index contributed by atoms with van der Waals surface area (Å²) in [6, 6.07) is 0. The van der Waals surface area contributed by atoms with Crippen molar-refractivity contribution >= 4 is 0 Å². The minimum Gasteiger partial charge on any atom is -0.370 e. The van der Waals surface area contributed by atoms with Crippen molar-refractivity contribution < 1.29 is 9.47 Å². The monoisotopic (exact) mass is 142 g/mol. The smallest absolute Gasteiger partial charge is 0.0939 e. The molecule has 58 valence electrons. The van der Waals surface area contributed by atoms with Crippen molar-refractivity contribution in [3.8, 4) is 0 Å². The van der Waals surface area contributed by atoms with E-state index in [9.17, 15) is 0 Å². The second-order valence-electron chi connectivity index (χ2n) is 3.41. The van der Waals surface area contributed by atoms with Crippen LogP contribution in [0.4, 0.5) is 0 Å². The molecule has 0 amide bonds. The Bertz CT molecular complexity index is 140. The molecule has 0 saturated carbocycles. The lowest BCUT2D eigenvalue weighted by Gasteiger charge is -2.04. The van der Waals surface area contributed by atoms with Crippen LogP contribution in [0.2, 0.25) is 0 Å². The van der Waals surface area contributed by atoms with Crippen LogP contribution in [-0.4, -0.2) is 24.4 Å². The molecular weight excluding hydrogens is 128 g/mol. The Hall–Kier alpha value is -0.0800. The van der Waals surface area contributed by atoms with E-state index in [1.54, 1.807) is 0 Å². The van der Waals surface area contributed by atoms with Gasteiger partial charge in [0.05, 0.1) is 24.4 Å². The van der Waals surface area contributed by atoms with Gasteiger partial charge in [-0.1, -0.05) is 6.92 Å². The predicted molar refractivity (Wildman–Crippen MR) is 37.9 cm³/mol. The molecule has 2 aliphatic heterocycles. The van der Waals surface area contributed by atoms with Crippen LogP contribution in [0.5, 0.6) is 0 Å². The molecule has 2 heterocycles. The van der Waals surface area contributed by atoms with Gasteiger partial charge in [0.15, 0.2) is 0 Å². The lowest BCUT2D eigenvalue weighted by Crippen LogP contribution is -2.13. The van der Waals surface area contributed by atoms with E-state index in [0.717, 1.165) is 19.4 Å². The standard InChI is InChI=1S/C8H14O2/c1-3-8(5-9-8)4-7-6(2)10-7/h6-7H,3-5H2,1-2H3. The fourth-order valence-corrected chi connectivity index (χ4v) is 1.38. The molecule has 0 aromatic rings. The van der Waals surface area contributed by atoms with Gasteiger partial charge in [0.25, 0.3) is 0 Å². The van der Waals surface area contributed by atoms with Gasteiger partial charge in [0.1, 0.15) is 0 Å². The van der Waals surface area contributed by atoms with Crippen molar-refractivity contribution in [1.82, 2.24) is 0 Å². The molecular formula is C8H14O2. The van der Waals surface area contributed by atoms with E-state index < -0.39 is 0 Å². The van der Waals surface area contributed by atoms with E-state index >= 15 is 0 Å². The third-order valence-electron chi connectivity index (χ3n) is 2.61. The fraction of sp³-hybridized carbons (Fsp3) is 1.00. The molecule has 2 rings (SSSR count). The largest absolute Gasteiger partial charge is 0.370 e. The zero-order valence-corrected chi connectivity index (χ0v) is 6.59. The molecule has 0 aromatic carbocycles. The van der Waals surface area contributed by atoms with E-state index in [1.807, 2.05) is 0 Å². The molecule has 2 saturated heterocycles. The number of epoxide rings is 2. The zero-order chi connectivity index (χ0) is 7.19. The summed E-state index contributed by atoms with van der Waals surface area (Å²) in [6.45, 7) is 5.26. The highest BCUT2D eigenvalue weighted by molar-refractivity contribution is 4.98. The Kier molecular flexibility index (Phi) is 1.29. The van der Waals surface area contributed by atoms with Crippen LogP contribution < -0.4 is 0 Å². The topological polar surface area (TPSA) is 25.1 Å². The maximum Gasteiger partial charge on any atom is 0.0939 e. The van der Waals surface area contributed by atoms with Crippen LogP contribution in [0.3, 0.4) is 0 Å². The molecule has 2 fully saturated rings. The Labute approximate surface area is 61.5 Å². The second kappa shape index (κ2) is 1.95. The van der Waals surface area contributed by atoms with Gasteiger partial charge in [-0.25, -0.2) is 0 Å². The first-order valence-electron chi connectivity index (χ1n) is 4.05. The lowest BCUT2D eigenvalue weighted by atomic mass is 10.0. The van der Waals surface area contributed by atoms with Crippen molar-refractivity contribution in [1.29, 1.82) is 0 Å². The summed E-state index contributed by atoms with van der Waals surface area (Å²) in [5, 5.41) is 0. The molecule has 0 aliphatic carbocycles. The quantitative estimate of drug-likeness (QED) is 0.555. The Morgan fingerprint density at radius 2 is 2.20 bits per heavy atom. The minimum atomic E-state index is 0.232. The first-order chi connectivity index (χ1) is 4.76. The maximum absolute atomic E-state index is 5.36. The molecule has 0 aromatic heterocycles. The highest BCUT2D eigenvalue weighted by Crippen LogP contribution is 2.41. The Morgan fingerprint density at radius 3 is 2.50 bits per heavy atom. The van der Waals surface area contributed by atoms with Crippen molar-refractivity contribution in [2.24, 2.45) is 0 Å². The van der Waals surface area contributed by atoms with E-state index in [-0.39, 0.29) is 5.60 Å². The molecule has 0 bridgehead atoms. The first-order valence-corrected chi connectivity index (χ1v) is 4.05. The van der Waals surface area contributed by atoms with Crippen LogP contribution in [0.25, 0.3) is 0 Å². The van der Waals surface area contributed by atoms with Crippen LogP contribution in [-0.2, 0) is 9.47 Å². The third kappa shape index (κ3) is 1.06. The summed E-state index contributed by atoms with van der Waals surface area (Å²) in [5.41, 5.74) is 0.232. The summed E-state index contributed by atoms with van der Waals surface area (Å²) < 4.78 is 10.7. The molecule has 2 nitrogen and oxygen atoms in total. The van der Waals surface area contributed by atoms with Crippen molar-refractivity contribution in [3.05, 3.63) is 0 Å². The lowest BCUT2D eigenvalue weighted by molar-refractivity contribution is 0.253. The number of rotatable bonds is 3. The number of ether oxygens (including phenoxy) is 2. The van der Waals surface area contributed by atoms with Gasteiger partial charge in [-0.15, -0.1) is 0 Å². The van der Waals surface area contributed by atoms with Crippen LogP contribution >= 0.6 is 0 Å². The average Bonchev–Trinajstić information content (AvgIpc) is 2.78. The van der Waals surface area contributed by atoms with Crippen LogP contribution in [0, 0.1) is 0 Å². The maximum atomic E-state index is 5.36. The van der Waals surface area contributed by atoms with Gasteiger partial charge in [-0.05, 0) is 13.3 Å². The highest BCUT2D eigenvalue weighted by Gasteiger charge is 2.50. The molecule has 0 N–H and O–H groups in total. The highest BCUT2D eigenvalue weighted by atomic mass is 16.6. The molecule has 3 unspecified atom stereocenters. The molecule has 10 heavy (non-hydrogen) atoms. The molecule has 2 heteroatoms. The van der Waals surface area contributed by atoms with Gasteiger partial charge >= 0.3 is 0 Å². The SMILES string of the molecule is CCC1(CC2OC2C)CO1. The number of hydrogen-bond acceptors (Lipinski definition) is 2. The zero-order valence-electron chi connectivity index (χ0n) is 6.59. The Morgan fingerprint density at radius 1 is 1.60 bits per heavy atom. The molecule has 3 atom stereocenters. The van der Waals surface area contributed by atoms with Gasteiger partial charge in [-0.2, -0.15) is 0 Å². The average molecular weight is 142 g/mol. The number of hydrogen-bond donors (Lipinski definition) is 0. The Balaban J connectivity index is 1.79. The fourth-order valence-electron chi connectivity index (χ4n) is 1.38. The van der Waals surface area contributed by atoms with E-state index in [4.69, 9.17) is 9.47 Å². The van der Waals surface area contributed by atoms with Gasteiger partial charge in [0, 0.05) is 6.42 Å². The summed E-state index contributed by atoms with van der Waals surface area (Å²) in [6.07, 6.45) is 3.25.